The van der Waals surface area contributed by atoms with E-state index in [1.807, 2.05) is 29.7 Å². The van der Waals surface area contributed by atoms with E-state index in [4.69, 9.17) is 9.72 Å². The molecule has 30 heavy (non-hydrogen) atoms. The highest BCUT2D eigenvalue weighted by Crippen LogP contribution is 2.31. The maximum atomic E-state index is 5.26. The summed E-state index contributed by atoms with van der Waals surface area (Å²) >= 11 is 1.87. The van der Waals surface area contributed by atoms with Crippen LogP contribution in [-0.2, 0) is 19.5 Å². The predicted octanol–water partition coefficient (Wildman–Crippen LogP) is 4.75. The standard InChI is InChI=1S/C24H26N4OS/c1-29-19-7-5-17(6-8-19)23-10-9-20(30-23)16-28-13-11-21-18(15-28)14-26-24(27-21)22-4-2-3-12-25-22/h5-10,14H,2-4,11-13,15-16H2,1H3. The van der Waals surface area contributed by atoms with E-state index in [9.17, 15) is 0 Å². The van der Waals surface area contributed by atoms with Gasteiger partial charge in [0, 0.05) is 54.1 Å². The molecule has 0 radical (unpaired) electrons. The van der Waals surface area contributed by atoms with Gasteiger partial charge in [-0.15, -0.1) is 11.3 Å². The number of benzene rings is 1. The van der Waals surface area contributed by atoms with Gasteiger partial charge in [-0.05, 0) is 61.2 Å². The molecule has 4 heterocycles. The molecule has 1 aromatic carbocycles. The summed E-state index contributed by atoms with van der Waals surface area (Å²) < 4.78 is 5.26. The lowest BCUT2D eigenvalue weighted by molar-refractivity contribution is 0.245. The van der Waals surface area contributed by atoms with Gasteiger partial charge in [0.2, 0.25) is 0 Å². The summed E-state index contributed by atoms with van der Waals surface area (Å²) in [4.78, 5) is 19.3. The average molecular weight is 419 g/mol. The molecule has 2 aliphatic heterocycles. The Morgan fingerprint density at radius 1 is 1.07 bits per heavy atom. The van der Waals surface area contributed by atoms with E-state index in [2.05, 4.69) is 39.1 Å². The van der Waals surface area contributed by atoms with Crippen LogP contribution in [0, 0.1) is 0 Å². The SMILES string of the molecule is COc1ccc(-c2ccc(CN3CCc4nc(C5=NCCCC5)ncc4C3)s2)cc1. The van der Waals surface area contributed by atoms with Crippen LogP contribution in [-0.4, -0.2) is 40.8 Å². The Labute approximate surface area is 181 Å². The van der Waals surface area contributed by atoms with Crippen molar-refractivity contribution in [2.45, 2.75) is 38.8 Å². The van der Waals surface area contributed by atoms with Crippen molar-refractivity contribution in [1.29, 1.82) is 0 Å². The van der Waals surface area contributed by atoms with Crippen LogP contribution in [0.3, 0.4) is 0 Å². The summed E-state index contributed by atoms with van der Waals surface area (Å²) in [7, 11) is 1.70. The van der Waals surface area contributed by atoms with Crippen molar-refractivity contribution < 1.29 is 4.74 Å². The second-order valence-corrected chi connectivity index (χ2v) is 9.07. The van der Waals surface area contributed by atoms with Crippen LogP contribution >= 0.6 is 11.3 Å². The third kappa shape index (κ3) is 4.16. The van der Waals surface area contributed by atoms with Gasteiger partial charge in [-0.2, -0.15) is 0 Å². The Balaban J connectivity index is 1.25. The van der Waals surface area contributed by atoms with E-state index in [1.54, 1.807) is 7.11 Å². The fraction of sp³-hybridized carbons (Fsp3) is 0.375. The molecule has 0 unspecified atom stereocenters. The molecule has 0 saturated carbocycles. The van der Waals surface area contributed by atoms with Crippen LogP contribution in [0.2, 0.25) is 0 Å². The minimum absolute atomic E-state index is 0.851. The molecular formula is C24H26N4OS. The zero-order chi connectivity index (χ0) is 20.3. The van der Waals surface area contributed by atoms with Gasteiger partial charge in [0.15, 0.2) is 5.82 Å². The first-order valence-corrected chi connectivity index (χ1v) is 11.4. The van der Waals surface area contributed by atoms with Gasteiger partial charge >= 0.3 is 0 Å². The summed E-state index contributed by atoms with van der Waals surface area (Å²) in [6, 6.07) is 12.8. The van der Waals surface area contributed by atoms with E-state index in [1.165, 1.54) is 39.4 Å². The van der Waals surface area contributed by atoms with Crippen LogP contribution in [0.25, 0.3) is 10.4 Å². The molecule has 2 aromatic heterocycles. The average Bonchev–Trinajstić information content (AvgIpc) is 3.28. The van der Waals surface area contributed by atoms with Crippen LogP contribution in [0.5, 0.6) is 5.75 Å². The number of ether oxygens (including phenoxy) is 1. The zero-order valence-corrected chi connectivity index (χ0v) is 18.1. The number of thiophene rings is 1. The van der Waals surface area contributed by atoms with Crippen LogP contribution in [0.15, 0.2) is 47.6 Å². The highest BCUT2D eigenvalue weighted by Gasteiger charge is 2.21. The van der Waals surface area contributed by atoms with Crippen LogP contribution in [0.4, 0.5) is 0 Å². The molecule has 6 heteroatoms. The highest BCUT2D eigenvalue weighted by molar-refractivity contribution is 7.15. The largest absolute Gasteiger partial charge is 0.497 e. The number of methoxy groups -OCH3 is 1. The van der Waals surface area contributed by atoms with Crippen molar-refractivity contribution in [3.8, 4) is 16.2 Å². The topological polar surface area (TPSA) is 50.6 Å². The second kappa shape index (κ2) is 8.66. The summed E-state index contributed by atoms with van der Waals surface area (Å²) in [6.07, 6.45) is 6.41. The molecule has 5 nitrogen and oxygen atoms in total. The second-order valence-electron chi connectivity index (χ2n) is 7.91. The number of rotatable bonds is 5. The number of aliphatic imine (C=N–C) groups is 1. The van der Waals surface area contributed by atoms with Crippen molar-refractivity contribution in [3.05, 3.63) is 64.6 Å². The van der Waals surface area contributed by atoms with E-state index in [-0.39, 0.29) is 0 Å². The molecule has 0 N–H and O–H groups in total. The first kappa shape index (κ1) is 19.4. The lowest BCUT2D eigenvalue weighted by Crippen LogP contribution is -2.31. The Bertz CT molecular complexity index is 1060. The minimum Gasteiger partial charge on any atom is -0.497 e. The van der Waals surface area contributed by atoms with Gasteiger partial charge in [0.1, 0.15) is 5.75 Å². The fourth-order valence-electron chi connectivity index (χ4n) is 4.12. The number of aromatic nitrogens is 2. The van der Waals surface area contributed by atoms with E-state index in [0.717, 1.165) is 56.3 Å². The maximum Gasteiger partial charge on any atom is 0.173 e. The Kier molecular flexibility index (Phi) is 5.60. The molecule has 3 aromatic rings. The Morgan fingerprint density at radius 2 is 1.97 bits per heavy atom. The summed E-state index contributed by atoms with van der Waals surface area (Å²) in [6.45, 7) is 3.83. The third-order valence-corrected chi connectivity index (χ3v) is 6.93. The number of fused-ring (bicyclic) bond motifs is 1. The zero-order valence-electron chi connectivity index (χ0n) is 17.3. The fourth-order valence-corrected chi connectivity index (χ4v) is 5.18. The molecule has 5 rings (SSSR count). The first-order chi connectivity index (χ1) is 14.8. The molecule has 2 aliphatic rings. The smallest absolute Gasteiger partial charge is 0.173 e. The predicted molar refractivity (Wildman–Crippen MR) is 121 cm³/mol. The van der Waals surface area contributed by atoms with Gasteiger partial charge in [0.25, 0.3) is 0 Å². The van der Waals surface area contributed by atoms with Crippen LogP contribution in [0.1, 0.15) is 41.2 Å². The molecule has 154 valence electrons. The van der Waals surface area contributed by atoms with E-state index in [0.29, 0.717) is 0 Å². The van der Waals surface area contributed by atoms with E-state index >= 15 is 0 Å². The van der Waals surface area contributed by atoms with Gasteiger partial charge < -0.3 is 4.74 Å². The van der Waals surface area contributed by atoms with Gasteiger partial charge in [-0.25, -0.2) is 9.97 Å². The summed E-state index contributed by atoms with van der Waals surface area (Å²) in [5.74, 6) is 1.74. The Hall–Kier alpha value is -2.57. The molecule has 0 atom stereocenters. The molecule has 0 amide bonds. The van der Waals surface area contributed by atoms with Crippen LogP contribution < -0.4 is 4.74 Å². The molecule has 0 aliphatic carbocycles. The van der Waals surface area contributed by atoms with Crippen molar-refractivity contribution >= 4 is 17.0 Å². The third-order valence-electron chi connectivity index (χ3n) is 5.81. The molecule has 0 bridgehead atoms. The van der Waals surface area contributed by atoms with E-state index < -0.39 is 0 Å². The summed E-state index contributed by atoms with van der Waals surface area (Å²) in [5.41, 5.74) is 4.79. The highest BCUT2D eigenvalue weighted by atomic mass is 32.1. The normalized spacial score (nSPS) is 16.8. The van der Waals surface area contributed by atoms with Crippen molar-refractivity contribution in [1.82, 2.24) is 14.9 Å². The molecule has 0 saturated heterocycles. The minimum atomic E-state index is 0.851. The number of nitrogens with zero attached hydrogens (tertiary/aromatic N) is 4. The molecule has 0 spiro atoms. The van der Waals surface area contributed by atoms with Gasteiger partial charge in [-0.3, -0.25) is 9.89 Å². The van der Waals surface area contributed by atoms with Crippen molar-refractivity contribution in [2.75, 3.05) is 20.2 Å². The lowest BCUT2D eigenvalue weighted by Gasteiger charge is -2.27. The maximum absolute atomic E-state index is 5.26. The number of hydrogen-bond donors (Lipinski definition) is 0. The monoisotopic (exact) mass is 418 g/mol. The molecular weight excluding hydrogens is 392 g/mol. The molecule has 0 fully saturated rings. The van der Waals surface area contributed by atoms with Crippen molar-refractivity contribution in [3.63, 3.8) is 0 Å². The van der Waals surface area contributed by atoms with Gasteiger partial charge in [-0.1, -0.05) is 0 Å². The van der Waals surface area contributed by atoms with Gasteiger partial charge in [0.05, 0.1) is 18.5 Å². The lowest BCUT2D eigenvalue weighted by atomic mass is 10.1. The summed E-state index contributed by atoms with van der Waals surface area (Å²) in [5, 5.41) is 0. The quantitative estimate of drug-likeness (QED) is 0.600. The van der Waals surface area contributed by atoms with Crippen molar-refractivity contribution in [2.24, 2.45) is 4.99 Å². The first-order valence-electron chi connectivity index (χ1n) is 10.6. The Morgan fingerprint density at radius 3 is 2.77 bits per heavy atom. The number of hydrogen-bond acceptors (Lipinski definition) is 6.